The zero-order valence-electron chi connectivity index (χ0n) is 32.8. The van der Waals surface area contributed by atoms with Crippen molar-refractivity contribution in [2.24, 2.45) is 0 Å². The molecule has 0 saturated heterocycles. The molecule has 0 amide bonds. The van der Waals surface area contributed by atoms with Gasteiger partial charge in [-0.2, -0.15) is 0 Å². The lowest BCUT2D eigenvalue weighted by atomic mass is 9.77. The number of benzene rings is 9. The second-order valence-corrected chi connectivity index (χ2v) is 19.8. The smallest absolute Gasteiger partial charge is 0.0355 e. The Morgan fingerprint density at radius 2 is 0.672 bits per heavy atom. The normalized spacial score (nSPS) is 14.8. The zero-order valence-corrected chi connectivity index (χ0v) is 34.5. The quantitative estimate of drug-likeness (QED) is 0.153. The van der Waals surface area contributed by atoms with E-state index in [1.165, 1.54) is 129 Å². The Morgan fingerprint density at radius 3 is 1.14 bits per heavy atom. The van der Waals surface area contributed by atoms with Crippen molar-refractivity contribution in [1.82, 2.24) is 0 Å². The molecule has 13 rings (SSSR count). The van der Waals surface area contributed by atoms with Crippen molar-refractivity contribution in [3.8, 4) is 44.5 Å². The molecule has 0 saturated carbocycles. The van der Waals surface area contributed by atoms with Gasteiger partial charge >= 0.3 is 0 Å². The lowest BCUT2D eigenvalue weighted by Gasteiger charge is -2.25. The molecule has 0 atom stereocenters. The van der Waals surface area contributed by atoms with Crippen LogP contribution in [0.5, 0.6) is 0 Å². The van der Waals surface area contributed by atoms with Crippen LogP contribution in [0.2, 0.25) is 0 Å². The predicted octanol–water partition coefficient (Wildman–Crippen LogP) is 16.7. The van der Waals surface area contributed by atoms with Crippen LogP contribution in [-0.2, 0) is 10.8 Å². The second kappa shape index (κ2) is 11.3. The zero-order chi connectivity index (χ0) is 38.7. The average molecular weight is 775 g/mol. The lowest BCUT2D eigenvalue weighted by Crippen LogP contribution is -2.15. The van der Waals surface area contributed by atoms with Crippen LogP contribution < -0.4 is 0 Å². The van der Waals surface area contributed by atoms with Gasteiger partial charge < -0.3 is 0 Å². The van der Waals surface area contributed by atoms with Gasteiger partial charge in [0.05, 0.1) is 0 Å². The predicted molar refractivity (Wildman–Crippen MR) is 253 cm³/mol. The highest BCUT2D eigenvalue weighted by Crippen LogP contribution is 2.56. The summed E-state index contributed by atoms with van der Waals surface area (Å²) in [5, 5.41) is 10.6. The highest BCUT2D eigenvalue weighted by molar-refractivity contribution is 7.26. The molecule has 2 heteroatoms. The fourth-order valence-electron chi connectivity index (χ4n) is 11.0. The lowest BCUT2D eigenvalue weighted by molar-refractivity contribution is 0.661. The molecule has 0 fully saturated rings. The van der Waals surface area contributed by atoms with Crippen LogP contribution in [0.15, 0.2) is 158 Å². The summed E-state index contributed by atoms with van der Waals surface area (Å²) in [6.07, 6.45) is 0. The molecule has 9 aromatic carbocycles. The van der Waals surface area contributed by atoms with Gasteiger partial charge in [-0.15, -0.1) is 22.7 Å². The molecule has 0 spiro atoms. The Labute approximate surface area is 345 Å². The highest BCUT2D eigenvalue weighted by Gasteiger charge is 2.38. The van der Waals surface area contributed by atoms with E-state index in [-0.39, 0.29) is 10.8 Å². The molecule has 0 aliphatic heterocycles. The van der Waals surface area contributed by atoms with Gasteiger partial charge in [-0.25, -0.2) is 0 Å². The Balaban J connectivity index is 1.24. The van der Waals surface area contributed by atoms with E-state index in [9.17, 15) is 0 Å². The molecule has 274 valence electrons. The van der Waals surface area contributed by atoms with Crippen LogP contribution in [0.4, 0.5) is 0 Å². The number of hydrogen-bond acceptors (Lipinski definition) is 2. The minimum Gasteiger partial charge on any atom is -0.135 e. The monoisotopic (exact) mass is 774 g/mol. The summed E-state index contributed by atoms with van der Waals surface area (Å²) < 4.78 is 5.34. The molecule has 2 aromatic heterocycles. The van der Waals surface area contributed by atoms with Crippen molar-refractivity contribution >= 4 is 84.6 Å². The highest BCUT2D eigenvalue weighted by atomic mass is 32.1. The Bertz CT molecular complexity index is 3500. The largest absolute Gasteiger partial charge is 0.135 e. The molecule has 11 aromatic rings. The fourth-order valence-corrected chi connectivity index (χ4v) is 13.2. The molecule has 2 heterocycles. The van der Waals surface area contributed by atoms with Crippen LogP contribution in [0, 0.1) is 0 Å². The maximum absolute atomic E-state index is 2.59. The topological polar surface area (TPSA) is 0 Å². The van der Waals surface area contributed by atoms with Gasteiger partial charge in [0.1, 0.15) is 0 Å². The summed E-state index contributed by atoms with van der Waals surface area (Å²) >= 11 is 3.79. The van der Waals surface area contributed by atoms with E-state index >= 15 is 0 Å². The Morgan fingerprint density at radius 1 is 0.293 bits per heavy atom. The van der Waals surface area contributed by atoms with Crippen molar-refractivity contribution in [2.45, 2.75) is 38.5 Å². The van der Waals surface area contributed by atoms with Crippen molar-refractivity contribution in [2.75, 3.05) is 0 Å². The van der Waals surface area contributed by atoms with Gasteiger partial charge in [0.25, 0.3) is 0 Å². The Hall–Kier alpha value is -6.06. The minimum absolute atomic E-state index is 0.129. The molecule has 2 aliphatic rings. The van der Waals surface area contributed by atoms with E-state index in [1.54, 1.807) is 0 Å². The summed E-state index contributed by atoms with van der Waals surface area (Å²) in [6, 6.07) is 60.8. The third kappa shape index (κ3) is 4.24. The van der Waals surface area contributed by atoms with Gasteiger partial charge in [-0.1, -0.05) is 125 Å². The van der Waals surface area contributed by atoms with Crippen molar-refractivity contribution in [1.29, 1.82) is 0 Å². The standard InChI is InChI=1S/C56H38S2/c1-55(2)45-17-9-5-13-33(45)37-27-41-43(29-47(37)55)54(32-22-24-52-40(26-32)36-16-8-12-20-50(36)58-52)44-30-48-38(34-14-6-10-18-46(34)56(48,3)4)28-42(44)53(41)31-21-23-51-39(25-31)35-15-7-11-19-49(35)57-51/h5-30H,1-4H3. The van der Waals surface area contributed by atoms with Crippen molar-refractivity contribution in [3.05, 3.63) is 180 Å². The van der Waals surface area contributed by atoms with E-state index in [0.717, 1.165) is 0 Å². The number of hydrogen-bond donors (Lipinski definition) is 0. The minimum atomic E-state index is -0.129. The third-order valence-corrected chi connectivity index (χ3v) is 16.2. The van der Waals surface area contributed by atoms with Gasteiger partial charge in [0.2, 0.25) is 0 Å². The van der Waals surface area contributed by atoms with Crippen molar-refractivity contribution < 1.29 is 0 Å². The molecular formula is C56H38S2. The van der Waals surface area contributed by atoms with E-state index in [0.29, 0.717) is 0 Å². The summed E-state index contributed by atoms with van der Waals surface area (Å²) in [5.74, 6) is 0. The van der Waals surface area contributed by atoms with E-state index in [1.807, 2.05) is 22.7 Å². The van der Waals surface area contributed by atoms with Crippen LogP contribution >= 0.6 is 22.7 Å². The Kier molecular flexibility index (Phi) is 6.43. The first-order valence-corrected chi connectivity index (χ1v) is 22.0. The average Bonchev–Trinajstić information content (AvgIpc) is 3.94. The van der Waals surface area contributed by atoms with Crippen molar-refractivity contribution in [3.63, 3.8) is 0 Å². The maximum atomic E-state index is 2.59. The first-order valence-electron chi connectivity index (χ1n) is 20.4. The summed E-state index contributed by atoms with van der Waals surface area (Å²) in [7, 11) is 0. The molecule has 0 radical (unpaired) electrons. The number of fused-ring (bicyclic) bond motifs is 14. The van der Waals surface area contributed by atoms with E-state index in [2.05, 4.69) is 185 Å². The number of thiophene rings is 2. The van der Waals surface area contributed by atoms with Gasteiger partial charge in [-0.05, 0) is 149 Å². The molecular weight excluding hydrogens is 737 g/mol. The molecule has 0 N–H and O–H groups in total. The molecule has 0 unspecified atom stereocenters. The van der Waals surface area contributed by atoms with Gasteiger partial charge in [-0.3, -0.25) is 0 Å². The van der Waals surface area contributed by atoms with E-state index in [4.69, 9.17) is 0 Å². The summed E-state index contributed by atoms with van der Waals surface area (Å²) in [4.78, 5) is 0. The third-order valence-electron chi connectivity index (χ3n) is 13.9. The molecule has 2 aliphatic carbocycles. The summed E-state index contributed by atoms with van der Waals surface area (Å²) in [5.41, 5.74) is 16.0. The maximum Gasteiger partial charge on any atom is 0.0355 e. The van der Waals surface area contributed by atoms with Crippen LogP contribution in [0.1, 0.15) is 49.9 Å². The van der Waals surface area contributed by atoms with Crippen LogP contribution in [-0.4, -0.2) is 0 Å². The fraction of sp³-hybridized carbons (Fsp3) is 0.107. The summed E-state index contributed by atoms with van der Waals surface area (Å²) in [6.45, 7) is 9.65. The molecule has 0 bridgehead atoms. The van der Waals surface area contributed by atoms with Gasteiger partial charge in [0, 0.05) is 51.2 Å². The van der Waals surface area contributed by atoms with Crippen LogP contribution in [0.25, 0.3) is 106 Å². The first kappa shape index (κ1) is 33.0. The molecule has 58 heavy (non-hydrogen) atoms. The first-order chi connectivity index (χ1) is 28.3. The second-order valence-electron chi connectivity index (χ2n) is 17.6. The van der Waals surface area contributed by atoms with Crippen LogP contribution in [0.3, 0.4) is 0 Å². The molecule has 0 nitrogen and oxygen atoms in total. The SMILES string of the molecule is CC1(C)c2ccccc2-c2cc3c(-c4ccc5sc6ccccc6c5c4)c4cc5c(cc4c(-c4ccc6sc7ccccc7c6c4)c3cc21)C(C)(C)c1ccccc1-5. The van der Waals surface area contributed by atoms with E-state index < -0.39 is 0 Å². The number of rotatable bonds is 2. The van der Waals surface area contributed by atoms with Gasteiger partial charge in [0.15, 0.2) is 0 Å².